The fourth-order valence-electron chi connectivity index (χ4n) is 1.81. The Balaban J connectivity index is 2.37. The van der Waals surface area contributed by atoms with Gasteiger partial charge in [0.1, 0.15) is 12.0 Å². The van der Waals surface area contributed by atoms with E-state index in [4.69, 9.17) is 9.52 Å². The van der Waals surface area contributed by atoms with Gasteiger partial charge in [-0.3, -0.25) is 4.79 Å². The Kier molecular flexibility index (Phi) is 3.37. The van der Waals surface area contributed by atoms with Gasteiger partial charge in [0.05, 0.1) is 16.8 Å². The number of aromatic carboxylic acids is 1. The first kappa shape index (κ1) is 12.9. The smallest absolute Gasteiger partial charge is 0.337 e. The van der Waals surface area contributed by atoms with Crippen LogP contribution in [0.3, 0.4) is 0 Å². The maximum Gasteiger partial charge on any atom is 0.337 e. The molecule has 0 saturated heterocycles. The van der Waals surface area contributed by atoms with Crippen molar-refractivity contribution in [2.75, 3.05) is 11.9 Å². The molecule has 0 radical (unpaired) electrons. The van der Waals surface area contributed by atoms with Crippen molar-refractivity contribution in [2.45, 2.75) is 6.92 Å². The van der Waals surface area contributed by atoms with Gasteiger partial charge in [-0.15, -0.1) is 0 Å². The van der Waals surface area contributed by atoms with Crippen LogP contribution in [0.25, 0.3) is 0 Å². The Morgan fingerprint density at radius 1 is 1.26 bits per heavy atom. The Morgan fingerprint density at radius 3 is 2.53 bits per heavy atom. The van der Waals surface area contributed by atoms with E-state index in [2.05, 4.69) is 0 Å². The van der Waals surface area contributed by atoms with Gasteiger partial charge in [0, 0.05) is 7.05 Å². The van der Waals surface area contributed by atoms with Crippen molar-refractivity contribution in [2.24, 2.45) is 0 Å². The predicted molar refractivity (Wildman–Crippen MR) is 69.6 cm³/mol. The van der Waals surface area contributed by atoms with Crippen molar-refractivity contribution < 1.29 is 19.1 Å². The highest BCUT2D eigenvalue weighted by Gasteiger charge is 2.20. The molecule has 2 rings (SSSR count). The minimum absolute atomic E-state index is 0.0820. The van der Waals surface area contributed by atoms with Crippen LogP contribution in [0, 0.1) is 6.92 Å². The van der Waals surface area contributed by atoms with Gasteiger partial charge in [-0.1, -0.05) is 12.1 Å². The summed E-state index contributed by atoms with van der Waals surface area (Å²) in [6.07, 6.45) is 1.36. The summed E-state index contributed by atoms with van der Waals surface area (Å²) in [7, 11) is 1.53. The summed E-state index contributed by atoms with van der Waals surface area (Å²) in [5.41, 5.74) is 0.817. The zero-order valence-electron chi connectivity index (χ0n) is 10.6. The molecular weight excluding hydrogens is 246 g/mol. The molecule has 0 fully saturated rings. The van der Waals surface area contributed by atoms with E-state index in [-0.39, 0.29) is 11.5 Å². The zero-order chi connectivity index (χ0) is 14.0. The Labute approximate surface area is 110 Å². The monoisotopic (exact) mass is 259 g/mol. The van der Waals surface area contributed by atoms with Gasteiger partial charge < -0.3 is 14.4 Å². The molecule has 0 unspecified atom stereocenters. The van der Waals surface area contributed by atoms with Crippen LogP contribution in [-0.2, 0) is 0 Å². The molecule has 0 atom stereocenters. The highest BCUT2D eigenvalue weighted by atomic mass is 16.4. The molecule has 19 heavy (non-hydrogen) atoms. The Bertz CT molecular complexity index is 630. The molecule has 0 bridgehead atoms. The molecule has 1 heterocycles. The SMILES string of the molecule is Cc1cc(C(=O)N(C)c2ccccc2C(=O)O)co1. The molecule has 5 heteroatoms. The number of anilines is 1. The number of furan rings is 1. The van der Waals surface area contributed by atoms with Gasteiger partial charge in [0.2, 0.25) is 0 Å². The quantitative estimate of drug-likeness (QED) is 0.919. The van der Waals surface area contributed by atoms with E-state index in [9.17, 15) is 9.59 Å². The number of amides is 1. The summed E-state index contributed by atoms with van der Waals surface area (Å²) in [6.45, 7) is 1.74. The van der Waals surface area contributed by atoms with E-state index >= 15 is 0 Å². The third-order valence-corrected chi connectivity index (χ3v) is 2.78. The molecule has 98 valence electrons. The van der Waals surface area contributed by atoms with Gasteiger partial charge in [0.15, 0.2) is 0 Å². The van der Waals surface area contributed by atoms with Crippen LogP contribution in [-0.4, -0.2) is 24.0 Å². The lowest BCUT2D eigenvalue weighted by Crippen LogP contribution is -2.27. The third-order valence-electron chi connectivity index (χ3n) is 2.78. The number of hydrogen-bond acceptors (Lipinski definition) is 3. The van der Waals surface area contributed by atoms with Crippen molar-refractivity contribution in [3.63, 3.8) is 0 Å². The van der Waals surface area contributed by atoms with Crippen LogP contribution in [0.4, 0.5) is 5.69 Å². The molecule has 0 aliphatic rings. The van der Waals surface area contributed by atoms with Crippen LogP contribution in [0.2, 0.25) is 0 Å². The molecule has 2 aromatic rings. The molecule has 0 spiro atoms. The van der Waals surface area contributed by atoms with Crippen LogP contribution in [0.1, 0.15) is 26.5 Å². The fourth-order valence-corrected chi connectivity index (χ4v) is 1.81. The van der Waals surface area contributed by atoms with Crippen molar-refractivity contribution >= 4 is 17.6 Å². The first-order chi connectivity index (χ1) is 9.00. The molecule has 5 nitrogen and oxygen atoms in total. The molecule has 0 saturated carbocycles. The van der Waals surface area contributed by atoms with E-state index in [1.807, 2.05) is 0 Å². The zero-order valence-corrected chi connectivity index (χ0v) is 10.6. The second kappa shape index (κ2) is 4.97. The highest BCUT2D eigenvalue weighted by molar-refractivity contribution is 6.08. The molecule has 1 N–H and O–H groups in total. The van der Waals surface area contributed by atoms with Crippen LogP contribution in [0.5, 0.6) is 0 Å². The van der Waals surface area contributed by atoms with Crippen molar-refractivity contribution in [3.8, 4) is 0 Å². The summed E-state index contributed by atoms with van der Waals surface area (Å²) in [4.78, 5) is 24.6. The minimum Gasteiger partial charge on any atom is -0.478 e. The summed E-state index contributed by atoms with van der Waals surface area (Å²) in [5.74, 6) is -0.757. The Hall–Kier alpha value is -2.56. The fraction of sp³-hybridized carbons (Fsp3) is 0.143. The van der Waals surface area contributed by atoms with Crippen molar-refractivity contribution in [3.05, 3.63) is 53.5 Å². The van der Waals surface area contributed by atoms with Crippen molar-refractivity contribution in [1.29, 1.82) is 0 Å². The minimum atomic E-state index is -1.07. The highest BCUT2D eigenvalue weighted by Crippen LogP contribution is 2.21. The Morgan fingerprint density at radius 2 is 1.95 bits per heavy atom. The molecule has 0 aliphatic heterocycles. The van der Waals surface area contributed by atoms with Crippen LogP contribution in [0.15, 0.2) is 41.0 Å². The summed E-state index contributed by atoms with van der Waals surface area (Å²) in [5, 5.41) is 9.11. The van der Waals surface area contributed by atoms with E-state index in [0.29, 0.717) is 17.0 Å². The van der Waals surface area contributed by atoms with Crippen LogP contribution >= 0.6 is 0 Å². The third kappa shape index (κ3) is 2.49. The standard InChI is InChI=1S/C14H13NO4/c1-9-7-10(8-19-9)13(16)15(2)12-6-4-3-5-11(12)14(17)18/h3-8H,1-2H3,(H,17,18). The first-order valence-corrected chi connectivity index (χ1v) is 5.66. The lowest BCUT2D eigenvalue weighted by atomic mass is 10.1. The number of carboxylic acids is 1. The lowest BCUT2D eigenvalue weighted by molar-refractivity contribution is 0.0697. The summed E-state index contributed by atoms with van der Waals surface area (Å²) >= 11 is 0. The average Bonchev–Trinajstić information content (AvgIpc) is 2.83. The van der Waals surface area contributed by atoms with E-state index < -0.39 is 5.97 Å². The maximum atomic E-state index is 12.2. The van der Waals surface area contributed by atoms with Gasteiger partial charge in [-0.05, 0) is 25.1 Å². The average molecular weight is 259 g/mol. The largest absolute Gasteiger partial charge is 0.478 e. The number of hydrogen-bond donors (Lipinski definition) is 1. The normalized spacial score (nSPS) is 10.2. The number of carbonyl (C=O) groups is 2. The van der Waals surface area contributed by atoms with E-state index in [0.717, 1.165) is 0 Å². The first-order valence-electron chi connectivity index (χ1n) is 5.66. The lowest BCUT2D eigenvalue weighted by Gasteiger charge is -2.18. The van der Waals surface area contributed by atoms with Gasteiger partial charge in [0.25, 0.3) is 5.91 Å². The molecule has 0 aliphatic carbocycles. The molecule has 1 amide bonds. The second-order valence-corrected chi connectivity index (χ2v) is 4.13. The number of carbonyl (C=O) groups excluding carboxylic acids is 1. The topological polar surface area (TPSA) is 70.8 Å². The molecular formula is C14H13NO4. The van der Waals surface area contributed by atoms with E-state index in [1.54, 1.807) is 31.2 Å². The van der Waals surface area contributed by atoms with Gasteiger partial charge in [-0.25, -0.2) is 4.79 Å². The molecule has 1 aromatic heterocycles. The number of aryl methyl sites for hydroxylation is 1. The van der Waals surface area contributed by atoms with E-state index in [1.165, 1.54) is 24.3 Å². The summed E-state index contributed by atoms with van der Waals surface area (Å²) in [6, 6.07) is 7.97. The maximum absolute atomic E-state index is 12.2. The number of nitrogens with zero attached hydrogens (tertiary/aromatic N) is 1. The second-order valence-electron chi connectivity index (χ2n) is 4.13. The van der Waals surface area contributed by atoms with Crippen molar-refractivity contribution in [1.82, 2.24) is 0 Å². The van der Waals surface area contributed by atoms with Crippen LogP contribution < -0.4 is 4.90 Å². The summed E-state index contributed by atoms with van der Waals surface area (Å²) < 4.78 is 5.09. The number of carboxylic acid groups (broad SMARTS) is 1. The number of rotatable bonds is 3. The molecule has 1 aromatic carbocycles. The number of para-hydroxylation sites is 1. The number of benzene rings is 1. The van der Waals surface area contributed by atoms with Gasteiger partial charge >= 0.3 is 5.97 Å². The predicted octanol–water partition coefficient (Wildman–Crippen LogP) is 2.56. The van der Waals surface area contributed by atoms with Gasteiger partial charge in [-0.2, -0.15) is 0 Å².